The van der Waals surface area contributed by atoms with E-state index in [0.717, 1.165) is 18.5 Å². The second kappa shape index (κ2) is 7.80. The first-order valence-electron chi connectivity index (χ1n) is 7.08. The molecule has 1 amide bonds. The van der Waals surface area contributed by atoms with Gasteiger partial charge in [0, 0.05) is 29.7 Å². The number of halogens is 1. The number of benzene rings is 1. The van der Waals surface area contributed by atoms with Gasteiger partial charge in [-0.2, -0.15) is 0 Å². The van der Waals surface area contributed by atoms with Crippen molar-refractivity contribution >= 4 is 25.6 Å². The Morgan fingerprint density at radius 3 is 2.24 bits per heavy atom. The molecule has 0 aliphatic heterocycles. The van der Waals surface area contributed by atoms with Gasteiger partial charge in [-0.3, -0.25) is 4.79 Å². The van der Waals surface area contributed by atoms with Crippen LogP contribution in [0.15, 0.2) is 29.2 Å². The van der Waals surface area contributed by atoms with Gasteiger partial charge in [0.25, 0.3) is 9.05 Å². The van der Waals surface area contributed by atoms with Gasteiger partial charge in [-0.05, 0) is 44.4 Å². The Labute approximate surface area is 131 Å². The topological polar surface area (TPSA) is 54.5 Å². The van der Waals surface area contributed by atoms with Crippen molar-refractivity contribution in [1.82, 2.24) is 4.90 Å². The second-order valence-electron chi connectivity index (χ2n) is 5.26. The molecule has 0 aliphatic rings. The molecule has 0 atom stereocenters. The summed E-state index contributed by atoms with van der Waals surface area (Å²) in [6.45, 7) is 6.83. The van der Waals surface area contributed by atoms with Gasteiger partial charge in [0.2, 0.25) is 5.91 Å². The number of aryl methyl sites for hydroxylation is 1. The summed E-state index contributed by atoms with van der Waals surface area (Å²) < 4.78 is 22.3. The van der Waals surface area contributed by atoms with E-state index in [1.165, 1.54) is 12.1 Å². The van der Waals surface area contributed by atoms with Crippen LogP contribution in [0.25, 0.3) is 0 Å². The largest absolute Gasteiger partial charge is 0.340 e. The van der Waals surface area contributed by atoms with E-state index in [9.17, 15) is 13.2 Å². The third kappa shape index (κ3) is 5.67. The number of amides is 1. The van der Waals surface area contributed by atoms with Crippen LogP contribution in [0.5, 0.6) is 0 Å². The monoisotopic (exact) mass is 331 g/mol. The van der Waals surface area contributed by atoms with Crippen molar-refractivity contribution in [2.24, 2.45) is 0 Å². The fraction of sp³-hybridized carbons (Fsp3) is 0.533. The number of rotatable bonds is 7. The van der Waals surface area contributed by atoms with E-state index in [4.69, 9.17) is 10.7 Å². The van der Waals surface area contributed by atoms with Gasteiger partial charge in [-0.15, -0.1) is 0 Å². The van der Waals surface area contributed by atoms with Crippen LogP contribution in [0.2, 0.25) is 0 Å². The molecule has 118 valence electrons. The first-order chi connectivity index (χ1) is 9.75. The maximum atomic E-state index is 12.2. The minimum absolute atomic E-state index is 0.0778. The van der Waals surface area contributed by atoms with Crippen LogP contribution < -0.4 is 0 Å². The molecular formula is C15H22ClNO3S. The summed E-state index contributed by atoms with van der Waals surface area (Å²) in [7, 11) is 1.58. The number of nitrogens with zero attached hydrogens (tertiary/aromatic N) is 1. The lowest BCUT2D eigenvalue weighted by Gasteiger charge is -2.26. The highest BCUT2D eigenvalue weighted by atomic mass is 35.7. The molecule has 0 unspecified atom stereocenters. The van der Waals surface area contributed by atoms with Crippen LogP contribution in [-0.2, 0) is 20.3 Å². The lowest BCUT2D eigenvalue weighted by Crippen LogP contribution is -2.37. The van der Waals surface area contributed by atoms with Crippen LogP contribution in [0.4, 0.5) is 0 Å². The van der Waals surface area contributed by atoms with E-state index >= 15 is 0 Å². The Hall–Kier alpha value is -1.07. The minimum Gasteiger partial charge on any atom is -0.340 e. The van der Waals surface area contributed by atoms with E-state index in [1.807, 2.05) is 25.7 Å². The Morgan fingerprint density at radius 1 is 1.24 bits per heavy atom. The second-order valence-corrected chi connectivity index (χ2v) is 7.83. The number of carbonyl (C=O) groups excluding carboxylic acids is 1. The molecule has 0 fully saturated rings. The first-order valence-corrected chi connectivity index (χ1v) is 9.39. The lowest BCUT2D eigenvalue weighted by atomic mass is 10.1. The molecule has 0 bridgehead atoms. The van der Waals surface area contributed by atoms with Gasteiger partial charge < -0.3 is 4.90 Å². The van der Waals surface area contributed by atoms with Gasteiger partial charge in [0.1, 0.15) is 0 Å². The lowest BCUT2D eigenvalue weighted by molar-refractivity contribution is -0.132. The van der Waals surface area contributed by atoms with Gasteiger partial charge in [0.15, 0.2) is 0 Å². The fourth-order valence-corrected chi connectivity index (χ4v) is 2.90. The van der Waals surface area contributed by atoms with Gasteiger partial charge >= 0.3 is 0 Å². The average molecular weight is 332 g/mol. The first kappa shape index (κ1) is 18.0. The predicted octanol–water partition coefficient (Wildman–Crippen LogP) is 3.19. The van der Waals surface area contributed by atoms with E-state index in [-0.39, 0.29) is 16.8 Å². The molecule has 4 nitrogen and oxygen atoms in total. The summed E-state index contributed by atoms with van der Waals surface area (Å²) in [5.41, 5.74) is 0.924. The van der Waals surface area contributed by atoms with Gasteiger partial charge in [-0.25, -0.2) is 8.42 Å². The average Bonchev–Trinajstić information content (AvgIpc) is 2.41. The third-order valence-electron chi connectivity index (χ3n) is 3.24. The third-order valence-corrected chi connectivity index (χ3v) is 4.61. The van der Waals surface area contributed by atoms with Gasteiger partial charge in [-0.1, -0.05) is 19.1 Å². The highest BCUT2D eigenvalue weighted by Gasteiger charge is 2.16. The van der Waals surface area contributed by atoms with E-state index in [2.05, 4.69) is 0 Å². The van der Waals surface area contributed by atoms with Crippen LogP contribution in [0, 0.1) is 0 Å². The van der Waals surface area contributed by atoms with E-state index in [1.54, 1.807) is 12.1 Å². The van der Waals surface area contributed by atoms with Crippen LogP contribution in [0.3, 0.4) is 0 Å². The van der Waals surface area contributed by atoms with Crippen molar-refractivity contribution in [3.05, 3.63) is 29.8 Å². The summed E-state index contributed by atoms with van der Waals surface area (Å²) >= 11 is 0. The highest BCUT2D eigenvalue weighted by Crippen LogP contribution is 2.16. The summed E-state index contributed by atoms with van der Waals surface area (Å²) in [5.74, 6) is 0.126. The standard InChI is InChI=1S/C15H22ClNO3S/c1-4-11-17(12(2)3)15(18)10-7-13-5-8-14(9-6-13)21(16,19)20/h5-6,8-9,12H,4,7,10-11H2,1-3H3. The predicted molar refractivity (Wildman–Crippen MR) is 84.9 cm³/mol. The normalized spacial score (nSPS) is 11.7. The zero-order chi connectivity index (χ0) is 16.0. The Bertz CT molecular complexity index is 567. The summed E-state index contributed by atoms with van der Waals surface area (Å²) in [5, 5.41) is 0. The molecule has 1 aromatic carbocycles. The molecule has 0 radical (unpaired) electrons. The number of hydrogen-bond acceptors (Lipinski definition) is 3. The molecule has 0 aromatic heterocycles. The summed E-state index contributed by atoms with van der Waals surface area (Å²) in [6, 6.07) is 6.52. The Kier molecular flexibility index (Phi) is 6.68. The molecule has 0 saturated carbocycles. The van der Waals surface area contributed by atoms with Crippen molar-refractivity contribution in [3.63, 3.8) is 0 Å². The molecule has 21 heavy (non-hydrogen) atoms. The molecule has 0 N–H and O–H groups in total. The summed E-state index contributed by atoms with van der Waals surface area (Å²) in [4.78, 5) is 14.1. The van der Waals surface area contributed by atoms with Crippen molar-refractivity contribution in [2.45, 2.75) is 51.0 Å². The molecular weight excluding hydrogens is 310 g/mol. The summed E-state index contributed by atoms with van der Waals surface area (Å²) in [6.07, 6.45) is 1.95. The highest BCUT2D eigenvalue weighted by molar-refractivity contribution is 8.13. The molecule has 0 aliphatic carbocycles. The van der Waals surface area contributed by atoms with Crippen LogP contribution >= 0.6 is 10.7 Å². The number of carbonyl (C=O) groups is 1. The maximum absolute atomic E-state index is 12.2. The van der Waals surface area contributed by atoms with Crippen molar-refractivity contribution in [3.8, 4) is 0 Å². The van der Waals surface area contributed by atoms with Crippen molar-refractivity contribution < 1.29 is 13.2 Å². The fourth-order valence-electron chi connectivity index (χ4n) is 2.13. The van der Waals surface area contributed by atoms with Crippen molar-refractivity contribution in [2.75, 3.05) is 6.54 Å². The molecule has 0 heterocycles. The molecule has 0 saturated heterocycles. The number of hydrogen-bond donors (Lipinski definition) is 0. The van der Waals surface area contributed by atoms with Crippen LogP contribution in [0.1, 0.15) is 39.2 Å². The zero-order valence-electron chi connectivity index (χ0n) is 12.7. The van der Waals surface area contributed by atoms with Crippen molar-refractivity contribution in [1.29, 1.82) is 0 Å². The smallest absolute Gasteiger partial charge is 0.261 e. The molecule has 1 rings (SSSR count). The quantitative estimate of drug-likeness (QED) is 0.721. The Balaban J connectivity index is 2.64. The maximum Gasteiger partial charge on any atom is 0.261 e. The van der Waals surface area contributed by atoms with Crippen LogP contribution in [-0.4, -0.2) is 31.8 Å². The molecule has 1 aromatic rings. The van der Waals surface area contributed by atoms with E-state index in [0.29, 0.717) is 12.8 Å². The zero-order valence-corrected chi connectivity index (χ0v) is 14.2. The van der Waals surface area contributed by atoms with E-state index < -0.39 is 9.05 Å². The Morgan fingerprint density at radius 2 is 1.81 bits per heavy atom. The molecule has 6 heteroatoms. The minimum atomic E-state index is -3.69. The molecule has 0 spiro atoms. The van der Waals surface area contributed by atoms with Gasteiger partial charge in [0.05, 0.1) is 4.90 Å². The SMILES string of the molecule is CCCN(C(=O)CCc1ccc(S(=O)(=O)Cl)cc1)C(C)C.